The molecular formula is C62H43BBrCl2N4O8. The maximum Gasteiger partial charge on any atom is 0.569 e. The van der Waals surface area contributed by atoms with Crippen molar-refractivity contribution in [2.75, 3.05) is 0 Å². The number of nitro groups is 2. The lowest BCUT2D eigenvalue weighted by Crippen LogP contribution is -1.99. The molecule has 1 N–H and O–H groups in total. The van der Waals surface area contributed by atoms with Gasteiger partial charge in [-0.15, -0.1) is 0 Å². The number of para-hydroxylation sites is 6. The van der Waals surface area contributed by atoms with Gasteiger partial charge < -0.3 is 27.6 Å². The third kappa shape index (κ3) is 9.03. The Morgan fingerprint density at radius 2 is 0.910 bits per heavy atom. The summed E-state index contributed by atoms with van der Waals surface area (Å²) in [4.78, 5) is 21.2. The van der Waals surface area contributed by atoms with E-state index in [4.69, 9.17) is 41.7 Å². The van der Waals surface area contributed by atoms with Gasteiger partial charge in [-0.05, 0) is 107 Å². The average molecular weight is 1130 g/mol. The molecule has 10 aromatic carbocycles. The second kappa shape index (κ2) is 21.6. The van der Waals surface area contributed by atoms with Gasteiger partial charge in [0.05, 0.1) is 52.7 Å². The smallest absolute Gasteiger partial charge is 0.535 e. The SMILES string of the molecule is C.C.O=[N+]([O-])c1ccc(Cl)cc1-c1cccc2c1oc1c2ccc2c1c1ccccc1n2-c1ccccc1.O=[N+]([O-])c1ccc(Cl)cc1Br.O[B]Oc1cccc2c1oc1c2ccc2c1c1ccccc1n2-c1ccccc1. The van der Waals surface area contributed by atoms with Crippen molar-refractivity contribution < 1.29 is 28.4 Å². The zero-order chi connectivity index (χ0) is 52.2. The van der Waals surface area contributed by atoms with Gasteiger partial charge in [0.2, 0.25) is 0 Å². The summed E-state index contributed by atoms with van der Waals surface area (Å²) in [6.45, 7) is 0. The summed E-state index contributed by atoms with van der Waals surface area (Å²) in [5, 5.41) is 40.2. The van der Waals surface area contributed by atoms with E-state index in [9.17, 15) is 20.2 Å². The molecule has 78 heavy (non-hydrogen) atoms. The molecule has 0 fully saturated rings. The van der Waals surface area contributed by atoms with E-state index in [1.165, 1.54) is 30.3 Å². The molecule has 0 saturated heterocycles. The molecule has 4 aromatic heterocycles. The number of hydrogen-bond acceptors (Lipinski definition) is 8. The molecule has 14 aromatic rings. The largest absolute Gasteiger partial charge is 0.569 e. The van der Waals surface area contributed by atoms with E-state index in [-0.39, 0.29) is 26.2 Å². The van der Waals surface area contributed by atoms with Crippen LogP contribution in [0.25, 0.3) is 110 Å². The van der Waals surface area contributed by atoms with E-state index >= 15 is 0 Å². The average Bonchev–Trinajstić information content (AvgIpc) is 4.36. The molecule has 14 rings (SSSR count). The standard InChI is InChI=1S/C30H17ClN2O3.C24H15BNO3.C6H3BrClNO2.2CH4/c31-18-13-15-26(33(34)35)24(17-18)21-11-6-10-20-22-14-16-27-28(30(22)36-29(20)21)23-9-4-5-12-25(23)32(27)19-7-2-1-3-8-19;27-25-29-21-12-6-10-16-17-13-14-20-22(24(17)28-23(16)21)18-9-4-5-11-19(18)26(20)15-7-2-1-3-8-15;7-5-3-4(8)1-2-6(5)9(10)11;;/h1-17H;1-14,27H;1-3H;2*1H4. The topological polar surface area (TPSA) is 152 Å². The van der Waals surface area contributed by atoms with E-state index in [0.717, 1.165) is 87.7 Å². The van der Waals surface area contributed by atoms with Crippen molar-refractivity contribution in [1.82, 2.24) is 9.13 Å². The summed E-state index contributed by atoms with van der Waals surface area (Å²) < 4.78 is 23.1. The van der Waals surface area contributed by atoms with Gasteiger partial charge in [-0.25, -0.2) is 0 Å². The van der Waals surface area contributed by atoms with E-state index < -0.39 is 9.85 Å². The summed E-state index contributed by atoms with van der Waals surface area (Å²) >= 11 is 14.8. The Labute approximate surface area is 464 Å². The third-order valence-corrected chi connectivity index (χ3v) is 14.4. The molecule has 0 aliphatic carbocycles. The number of rotatable bonds is 7. The number of aromatic nitrogens is 2. The van der Waals surface area contributed by atoms with Crippen LogP contribution in [0.3, 0.4) is 0 Å². The summed E-state index contributed by atoms with van der Waals surface area (Å²) in [5.74, 6) is 0.487. The molecule has 383 valence electrons. The van der Waals surface area contributed by atoms with Gasteiger partial charge in [-0.1, -0.05) is 141 Å². The van der Waals surface area contributed by atoms with Crippen LogP contribution in [-0.4, -0.2) is 31.7 Å². The first-order valence-electron chi connectivity index (χ1n) is 23.6. The molecule has 0 unspecified atom stereocenters. The molecule has 0 spiro atoms. The number of fused-ring (bicyclic) bond motifs is 14. The zero-order valence-corrected chi connectivity index (χ0v) is 42.5. The molecule has 0 amide bonds. The Hall–Kier alpha value is -8.92. The van der Waals surface area contributed by atoms with E-state index in [2.05, 4.69) is 104 Å². The molecule has 0 atom stereocenters. The zero-order valence-electron chi connectivity index (χ0n) is 39.4. The maximum atomic E-state index is 11.8. The lowest BCUT2D eigenvalue weighted by atomic mass is 10.0. The van der Waals surface area contributed by atoms with Crippen molar-refractivity contribution in [3.05, 3.63) is 241 Å². The van der Waals surface area contributed by atoms with Crippen LogP contribution in [0.4, 0.5) is 11.4 Å². The summed E-state index contributed by atoms with van der Waals surface area (Å²) in [6, 6.07) is 65.9. The van der Waals surface area contributed by atoms with Crippen molar-refractivity contribution in [2.24, 2.45) is 0 Å². The van der Waals surface area contributed by atoms with Crippen molar-refractivity contribution in [2.45, 2.75) is 14.9 Å². The minimum Gasteiger partial charge on any atom is -0.535 e. The minimum absolute atomic E-state index is 0. The van der Waals surface area contributed by atoms with E-state index in [1.807, 2.05) is 84.9 Å². The van der Waals surface area contributed by atoms with Crippen LogP contribution in [0.1, 0.15) is 14.9 Å². The van der Waals surface area contributed by atoms with Gasteiger partial charge in [0.25, 0.3) is 11.4 Å². The normalized spacial score (nSPS) is 11.1. The Morgan fingerprint density at radius 3 is 1.44 bits per heavy atom. The number of hydrogen-bond donors (Lipinski definition) is 1. The number of benzene rings is 10. The molecular weight excluding hydrogens is 1090 g/mol. The molecule has 0 aliphatic rings. The second-order valence-corrected chi connectivity index (χ2v) is 19.3. The van der Waals surface area contributed by atoms with Crippen LogP contribution in [0.15, 0.2) is 220 Å². The number of halogens is 3. The maximum absolute atomic E-state index is 11.8. The van der Waals surface area contributed by atoms with Gasteiger partial charge >= 0.3 is 7.69 Å². The number of nitro benzene ring substituents is 2. The predicted octanol–water partition coefficient (Wildman–Crippen LogP) is 18.8. The Morgan fingerprint density at radius 1 is 0.462 bits per heavy atom. The lowest BCUT2D eigenvalue weighted by Gasteiger charge is -2.07. The minimum atomic E-state index is -0.472. The lowest BCUT2D eigenvalue weighted by molar-refractivity contribution is -0.385. The number of nitrogens with zero attached hydrogens (tertiary/aromatic N) is 4. The van der Waals surface area contributed by atoms with Crippen molar-refractivity contribution in [1.29, 1.82) is 0 Å². The van der Waals surface area contributed by atoms with Crippen LogP contribution in [0.5, 0.6) is 5.75 Å². The molecule has 0 bridgehead atoms. The van der Waals surface area contributed by atoms with Crippen molar-refractivity contribution in [3.8, 4) is 28.3 Å². The van der Waals surface area contributed by atoms with Gasteiger partial charge in [0, 0.05) is 71.4 Å². The highest BCUT2D eigenvalue weighted by molar-refractivity contribution is 9.10. The van der Waals surface area contributed by atoms with Gasteiger partial charge in [0.15, 0.2) is 5.58 Å². The molecule has 4 heterocycles. The highest BCUT2D eigenvalue weighted by atomic mass is 79.9. The van der Waals surface area contributed by atoms with Gasteiger partial charge in [-0.3, -0.25) is 20.2 Å². The fourth-order valence-corrected chi connectivity index (χ4v) is 11.2. The van der Waals surface area contributed by atoms with Crippen LogP contribution in [-0.2, 0) is 0 Å². The van der Waals surface area contributed by atoms with E-state index in [1.54, 1.807) is 12.1 Å². The molecule has 1 radical (unpaired) electrons. The first-order chi connectivity index (χ1) is 37.1. The van der Waals surface area contributed by atoms with Gasteiger partial charge in [0.1, 0.15) is 22.5 Å². The second-order valence-electron chi connectivity index (χ2n) is 17.6. The summed E-state index contributed by atoms with van der Waals surface area (Å²) in [6.07, 6.45) is 0. The third-order valence-electron chi connectivity index (χ3n) is 13.3. The van der Waals surface area contributed by atoms with Crippen molar-refractivity contribution >= 4 is 146 Å². The summed E-state index contributed by atoms with van der Waals surface area (Å²) in [7, 11) is 0.679. The Balaban J connectivity index is 0.000000147. The first-order valence-corrected chi connectivity index (χ1v) is 25.2. The first kappa shape index (κ1) is 52.5. The van der Waals surface area contributed by atoms with Crippen LogP contribution >= 0.6 is 39.1 Å². The highest BCUT2D eigenvalue weighted by Gasteiger charge is 2.24. The van der Waals surface area contributed by atoms with E-state index in [0.29, 0.717) is 50.2 Å². The monoisotopic (exact) mass is 1130 g/mol. The molecule has 0 saturated carbocycles. The fraction of sp³-hybridized carbons (Fsp3) is 0.0323. The molecule has 16 heteroatoms. The predicted molar refractivity (Wildman–Crippen MR) is 321 cm³/mol. The Bertz CT molecular complexity index is 4620. The molecule has 12 nitrogen and oxygen atoms in total. The fourth-order valence-electron chi connectivity index (χ4n) is 10.2. The summed E-state index contributed by atoms with van der Waals surface area (Å²) in [5.41, 5.74) is 10.4. The van der Waals surface area contributed by atoms with Gasteiger partial charge in [-0.2, -0.15) is 0 Å². The Kier molecular flexibility index (Phi) is 14.5. The molecule has 0 aliphatic heterocycles. The van der Waals surface area contributed by atoms with Crippen LogP contribution < -0.4 is 4.65 Å². The van der Waals surface area contributed by atoms with Crippen molar-refractivity contribution in [3.63, 3.8) is 0 Å². The highest BCUT2D eigenvalue weighted by Crippen LogP contribution is 2.46. The number of furan rings is 2. The van der Waals surface area contributed by atoms with Crippen LogP contribution in [0, 0.1) is 20.2 Å². The quantitative estimate of drug-likeness (QED) is 0.0941. The van der Waals surface area contributed by atoms with Crippen LogP contribution in [0.2, 0.25) is 10.0 Å².